The molecule has 0 fully saturated rings. The molecule has 0 aliphatic carbocycles. The van der Waals surface area contributed by atoms with Gasteiger partial charge in [-0.25, -0.2) is 0 Å². The average Bonchev–Trinajstić information content (AvgIpc) is 2.09. The third-order valence-electron chi connectivity index (χ3n) is 1.51. The van der Waals surface area contributed by atoms with Gasteiger partial charge in [-0.15, -0.1) is 0 Å². The standard InChI is InChI=1S/C9H9ClN2O/c10-7-2-1-6(9(12)4-7)3-8(11)5-13/h1-5H,11-12H2/b8-3-. The molecule has 0 bridgehead atoms. The predicted octanol–water partition coefficient (Wildman–Crippen LogP) is 1.42. The highest BCUT2D eigenvalue weighted by molar-refractivity contribution is 6.30. The molecule has 1 aromatic rings. The number of anilines is 1. The number of hydrogen-bond acceptors (Lipinski definition) is 3. The fraction of sp³-hybridized carbons (Fsp3) is 0. The number of carbonyl (C=O) groups is 1. The highest BCUT2D eigenvalue weighted by Gasteiger charge is 1.97. The Balaban J connectivity index is 3.09. The number of nitrogens with two attached hydrogens (primary N) is 2. The summed E-state index contributed by atoms with van der Waals surface area (Å²) in [4.78, 5) is 10.2. The van der Waals surface area contributed by atoms with Crippen molar-refractivity contribution in [3.8, 4) is 0 Å². The third kappa shape index (κ3) is 2.49. The lowest BCUT2D eigenvalue weighted by Gasteiger charge is -2.00. The maximum absolute atomic E-state index is 10.2. The van der Waals surface area contributed by atoms with E-state index >= 15 is 0 Å². The van der Waals surface area contributed by atoms with E-state index in [0.717, 1.165) is 0 Å². The molecule has 1 rings (SSSR count). The second-order valence-corrected chi connectivity index (χ2v) is 2.97. The molecule has 0 unspecified atom stereocenters. The van der Waals surface area contributed by atoms with Crippen molar-refractivity contribution >= 4 is 29.7 Å². The van der Waals surface area contributed by atoms with Crippen molar-refractivity contribution in [2.24, 2.45) is 5.73 Å². The van der Waals surface area contributed by atoms with Gasteiger partial charge in [-0.1, -0.05) is 17.7 Å². The highest BCUT2D eigenvalue weighted by Crippen LogP contribution is 2.19. The van der Waals surface area contributed by atoms with Crippen LogP contribution in [0.2, 0.25) is 5.02 Å². The first-order chi connectivity index (χ1) is 6.13. The molecule has 0 saturated heterocycles. The molecule has 1 aromatic carbocycles. The van der Waals surface area contributed by atoms with E-state index in [1.54, 1.807) is 18.2 Å². The van der Waals surface area contributed by atoms with Crippen molar-refractivity contribution in [2.45, 2.75) is 0 Å². The van der Waals surface area contributed by atoms with Crippen LogP contribution in [0.15, 0.2) is 23.9 Å². The largest absolute Gasteiger partial charge is 0.398 e. The highest BCUT2D eigenvalue weighted by atomic mass is 35.5. The number of halogens is 1. The SMILES string of the molecule is N/C(C=O)=C\c1ccc(Cl)cc1N. The van der Waals surface area contributed by atoms with Crippen LogP contribution in [-0.4, -0.2) is 6.29 Å². The molecule has 4 N–H and O–H groups in total. The molecule has 68 valence electrons. The number of aldehydes is 1. The van der Waals surface area contributed by atoms with Gasteiger partial charge in [-0.3, -0.25) is 4.79 Å². The van der Waals surface area contributed by atoms with Crippen LogP contribution in [0.1, 0.15) is 5.56 Å². The summed E-state index contributed by atoms with van der Waals surface area (Å²) >= 11 is 5.69. The fourth-order valence-electron chi connectivity index (χ4n) is 0.891. The number of benzene rings is 1. The lowest BCUT2D eigenvalue weighted by Crippen LogP contribution is -1.98. The van der Waals surface area contributed by atoms with E-state index in [2.05, 4.69) is 0 Å². The summed E-state index contributed by atoms with van der Waals surface area (Å²) in [6, 6.07) is 4.99. The molecule has 0 aliphatic rings. The van der Waals surface area contributed by atoms with E-state index < -0.39 is 0 Å². The lowest BCUT2D eigenvalue weighted by atomic mass is 10.1. The molecule has 0 saturated carbocycles. The van der Waals surface area contributed by atoms with Crippen molar-refractivity contribution in [2.75, 3.05) is 5.73 Å². The summed E-state index contributed by atoms with van der Waals surface area (Å²) in [5, 5.41) is 0.555. The first kappa shape index (κ1) is 9.61. The monoisotopic (exact) mass is 196 g/mol. The van der Waals surface area contributed by atoms with Gasteiger partial charge in [-0.05, 0) is 23.8 Å². The number of hydrogen-bond donors (Lipinski definition) is 2. The normalized spacial score (nSPS) is 11.3. The third-order valence-corrected chi connectivity index (χ3v) is 1.74. The Hall–Kier alpha value is -1.48. The van der Waals surface area contributed by atoms with Crippen LogP contribution in [0.3, 0.4) is 0 Å². The van der Waals surface area contributed by atoms with E-state index in [-0.39, 0.29) is 5.70 Å². The van der Waals surface area contributed by atoms with E-state index in [9.17, 15) is 4.79 Å². The molecule has 13 heavy (non-hydrogen) atoms. The number of allylic oxidation sites excluding steroid dienone is 1. The lowest BCUT2D eigenvalue weighted by molar-refractivity contribution is -0.104. The van der Waals surface area contributed by atoms with Crippen LogP contribution >= 0.6 is 11.6 Å². The maximum atomic E-state index is 10.2. The van der Waals surface area contributed by atoms with Gasteiger partial charge >= 0.3 is 0 Å². The van der Waals surface area contributed by atoms with Crippen LogP contribution in [0.5, 0.6) is 0 Å². The summed E-state index contributed by atoms with van der Waals surface area (Å²) in [5.41, 5.74) is 12.3. The number of carbonyl (C=O) groups excluding carboxylic acids is 1. The Bertz CT molecular complexity index is 361. The first-order valence-corrected chi connectivity index (χ1v) is 3.98. The minimum atomic E-state index is 0.133. The van der Waals surface area contributed by atoms with Crippen molar-refractivity contribution in [1.29, 1.82) is 0 Å². The number of rotatable bonds is 2. The van der Waals surface area contributed by atoms with E-state index in [1.807, 2.05) is 0 Å². The Morgan fingerprint density at radius 2 is 2.15 bits per heavy atom. The zero-order chi connectivity index (χ0) is 9.84. The first-order valence-electron chi connectivity index (χ1n) is 3.61. The van der Waals surface area contributed by atoms with E-state index in [4.69, 9.17) is 23.1 Å². The molecule has 0 aliphatic heterocycles. The summed E-state index contributed by atoms with van der Waals surface area (Å²) in [6.45, 7) is 0. The van der Waals surface area contributed by atoms with Gasteiger partial charge in [0.25, 0.3) is 0 Å². The smallest absolute Gasteiger partial charge is 0.165 e. The quantitative estimate of drug-likeness (QED) is 0.427. The van der Waals surface area contributed by atoms with Gasteiger partial charge in [0.05, 0.1) is 5.70 Å². The predicted molar refractivity (Wildman–Crippen MR) is 54.1 cm³/mol. The zero-order valence-electron chi connectivity index (χ0n) is 6.83. The molecule has 0 atom stereocenters. The Morgan fingerprint density at radius 1 is 1.46 bits per heavy atom. The zero-order valence-corrected chi connectivity index (χ0v) is 7.58. The minimum absolute atomic E-state index is 0.133. The maximum Gasteiger partial charge on any atom is 0.165 e. The second-order valence-electron chi connectivity index (χ2n) is 2.54. The van der Waals surface area contributed by atoms with Crippen LogP contribution in [0.4, 0.5) is 5.69 Å². The molecule has 0 aromatic heterocycles. The molecule has 4 heteroatoms. The van der Waals surface area contributed by atoms with Gasteiger partial charge in [-0.2, -0.15) is 0 Å². The van der Waals surface area contributed by atoms with Crippen LogP contribution in [0.25, 0.3) is 6.08 Å². The van der Waals surface area contributed by atoms with Gasteiger partial charge in [0, 0.05) is 10.7 Å². The summed E-state index contributed by atoms with van der Waals surface area (Å²) in [7, 11) is 0. The van der Waals surface area contributed by atoms with Crippen molar-refractivity contribution in [1.82, 2.24) is 0 Å². The Labute approximate surface area is 81.0 Å². The fourth-order valence-corrected chi connectivity index (χ4v) is 1.07. The topological polar surface area (TPSA) is 69.1 Å². The van der Waals surface area contributed by atoms with Crippen molar-refractivity contribution in [3.63, 3.8) is 0 Å². The summed E-state index contributed by atoms with van der Waals surface area (Å²) in [5.74, 6) is 0. The van der Waals surface area contributed by atoms with Gasteiger partial charge in [0.2, 0.25) is 0 Å². The molecule has 0 heterocycles. The summed E-state index contributed by atoms with van der Waals surface area (Å²) in [6.07, 6.45) is 2.06. The Kier molecular flexibility index (Phi) is 2.93. The second kappa shape index (κ2) is 3.96. The Morgan fingerprint density at radius 3 is 2.69 bits per heavy atom. The van der Waals surface area contributed by atoms with Crippen LogP contribution in [0, 0.1) is 0 Å². The van der Waals surface area contributed by atoms with Crippen LogP contribution in [-0.2, 0) is 4.79 Å². The molecule has 0 spiro atoms. The minimum Gasteiger partial charge on any atom is -0.398 e. The molecular weight excluding hydrogens is 188 g/mol. The van der Waals surface area contributed by atoms with Gasteiger partial charge in [0.1, 0.15) is 0 Å². The average molecular weight is 197 g/mol. The summed E-state index contributed by atoms with van der Waals surface area (Å²) < 4.78 is 0. The molecule has 0 radical (unpaired) electrons. The molecule has 3 nitrogen and oxygen atoms in total. The van der Waals surface area contributed by atoms with Gasteiger partial charge in [0.15, 0.2) is 6.29 Å². The van der Waals surface area contributed by atoms with Gasteiger partial charge < -0.3 is 11.5 Å². The van der Waals surface area contributed by atoms with Crippen molar-refractivity contribution in [3.05, 3.63) is 34.5 Å². The number of nitrogen functional groups attached to an aromatic ring is 1. The van der Waals surface area contributed by atoms with Crippen molar-refractivity contribution < 1.29 is 4.79 Å². The van der Waals surface area contributed by atoms with E-state index in [1.165, 1.54) is 6.08 Å². The van der Waals surface area contributed by atoms with E-state index in [0.29, 0.717) is 22.6 Å². The van der Waals surface area contributed by atoms with Crippen LogP contribution < -0.4 is 11.5 Å². The molecule has 0 amide bonds. The molecular formula is C9H9ClN2O.